The van der Waals surface area contributed by atoms with E-state index in [1.54, 1.807) is 12.1 Å². The van der Waals surface area contributed by atoms with Crippen LogP contribution in [-0.2, 0) is 6.54 Å². The molecule has 1 heterocycles. The van der Waals surface area contributed by atoms with E-state index in [9.17, 15) is 0 Å². The van der Waals surface area contributed by atoms with Crippen LogP contribution >= 0.6 is 11.6 Å². The number of benzene rings is 1. The number of nitrogens with one attached hydrogen (secondary N) is 1. The van der Waals surface area contributed by atoms with Gasteiger partial charge in [0, 0.05) is 6.54 Å². The summed E-state index contributed by atoms with van der Waals surface area (Å²) in [4.78, 5) is 7.82. The molecule has 0 radical (unpaired) electrons. The number of anilines is 1. The highest BCUT2D eigenvalue weighted by Crippen LogP contribution is 2.17. The second kappa shape index (κ2) is 5.28. The van der Waals surface area contributed by atoms with Gasteiger partial charge in [-0.2, -0.15) is 5.26 Å². The molecule has 4 nitrogen and oxygen atoms in total. The van der Waals surface area contributed by atoms with Crippen molar-refractivity contribution in [1.29, 1.82) is 5.26 Å². The second-order valence-electron chi connectivity index (χ2n) is 3.38. The summed E-state index contributed by atoms with van der Waals surface area (Å²) in [5.74, 6) is 0.603. The molecular weight excluding hydrogens is 236 g/mol. The van der Waals surface area contributed by atoms with Gasteiger partial charge in [0.25, 0.3) is 0 Å². The van der Waals surface area contributed by atoms with Crippen LogP contribution in [0.1, 0.15) is 11.1 Å². The van der Waals surface area contributed by atoms with Gasteiger partial charge in [-0.25, -0.2) is 9.97 Å². The maximum Gasteiger partial charge on any atom is 0.148 e. The number of halogens is 1. The normalized spacial score (nSPS) is 9.65. The van der Waals surface area contributed by atoms with Crippen LogP contribution in [0, 0.1) is 11.3 Å². The van der Waals surface area contributed by atoms with Gasteiger partial charge in [0.2, 0.25) is 0 Å². The maximum atomic E-state index is 8.67. The van der Waals surface area contributed by atoms with Crippen LogP contribution in [0.2, 0.25) is 5.02 Å². The summed E-state index contributed by atoms with van der Waals surface area (Å²) in [6, 6.07) is 9.41. The lowest BCUT2D eigenvalue weighted by Gasteiger charge is -2.06. The van der Waals surface area contributed by atoms with Gasteiger partial charge < -0.3 is 5.32 Å². The molecule has 1 N–H and O–H groups in total. The smallest absolute Gasteiger partial charge is 0.148 e. The van der Waals surface area contributed by atoms with Gasteiger partial charge in [-0.3, -0.25) is 0 Å². The van der Waals surface area contributed by atoms with E-state index in [1.165, 1.54) is 12.5 Å². The van der Waals surface area contributed by atoms with E-state index in [2.05, 4.69) is 21.4 Å². The lowest BCUT2D eigenvalue weighted by molar-refractivity contribution is 1.08. The molecule has 0 atom stereocenters. The first kappa shape index (κ1) is 11.4. The van der Waals surface area contributed by atoms with Crippen molar-refractivity contribution in [2.45, 2.75) is 6.54 Å². The molecule has 0 bridgehead atoms. The zero-order chi connectivity index (χ0) is 12.1. The van der Waals surface area contributed by atoms with Crippen molar-refractivity contribution in [2.75, 3.05) is 5.32 Å². The van der Waals surface area contributed by atoms with Gasteiger partial charge in [-0.15, -0.1) is 0 Å². The molecule has 0 aliphatic rings. The topological polar surface area (TPSA) is 61.6 Å². The molecule has 2 rings (SSSR count). The lowest BCUT2D eigenvalue weighted by atomic mass is 10.1. The summed E-state index contributed by atoms with van der Waals surface area (Å²) in [5.41, 5.74) is 1.70. The quantitative estimate of drug-likeness (QED) is 0.902. The van der Waals surface area contributed by atoms with Gasteiger partial charge in [0.1, 0.15) is 17.2 Å². The largest absolute Gasteiger partial charge is 0.365 e. The molecule has 84 valence electrons. The molecule has 0 fully saturated rings. The highest BCUT2D eigenvalue weighted by molar-refractivity contribution is 6.32. The van der Waals surface area contributed by atoms with Crippen LogP contribution < -0.4 is 5.32 Å². The van der Waals surface area contributed by atoms with Crippen LogP contribution in [0.25, 0.3) is 0 Å². The number of hydrogen-bond acceptors (Lipinski definition) is 4. The molecule has 0 unspecified atom stereocenters. The van der Waals surface area contributed by atoms with E-state index in [0.717, 1.165) is 5.56 Å². The van der Waals surface area contributed by atoms with Crippen LogP contribution in [0.4, 0.5) is 5.82 Å². The van der Waals surface area contributed by atoms with Crippen molar-refractivity contribution in [3.05, 3.63) is 52.9 Å². The van der Waals surface area contributed by atoms with E-state index in [0.29, 0.717) is 22.9 Å². The van der Waals surface area contributed by atoms with Crippen LogP contribution in [0.3, 0.4) is 0 Å². The SMILES string of the molecule is N#Cc1ccc(CNc2ncncc2Cl)cc1. The van der Waals surface area contributed by atoms with E-state index >= 15 is 0 Å². The van der Waals surface area contributed by atoms with Gasteiger partial charge in [0.15, 0.2) is 0 Å². The minimum atomic E-state index is 0.487. The first-order chi connectivity index (χ1) is 8.29. The van der Waals surface area contributed by atoms with Gasteiger partial charge in [-0.1, -0.05) is 23.7 Å². The summed E-state index contributed by atoms with van der Waals surface area (Å²) < 4.78 is 0. The van der Waals surface area contributed by atoms with Crippen molar-refractivity contribution < 1.29 is 0 Å². The third-order valence-electron chi connectivity index (χ3n) is 2.21. The zero-order valence-electron chi connectivity index (χ0n) is 8.89. The fourth-order valence-electron chi connectivity index (χ4n) is 1.33. The predicted molar refractivity (Wildman–Crippen MR) is 65.5 cm³/mol. The Balaban J connectivity index is 2.03. The van der Waals surface area contributed by atoms with Crippen LogP contribution in [-0.4, -0.2) is 9.97 Å². The summed E-state index contributed by atoms with van der Waals surface area (Å²) in [7, 11) is 0. The van der Waals surface area contributed by atoms with E-state index in [1.807, 2.05) is 12.1 Å². The van der Waals surface area contributed by atoms with Crippen LogP contribution in [0.5, 0.6) is 0 Å². The van der Waals surface area contributed by atoms with Crippen molar-refractivity contribution >= 4 is 17.4 Å². The Kier molecular flexibility index (Phi) is 3.53. The minimum absolute atomic E-state index is 0.487. The zero-order valence-corrected chi connectivity index (χ0v) is 9.65. The molecule has 0 saturated heterocycles. The monoisotopic (exact) mass is 244 g/mol. The fraction of sp³-hybridized carbons (Fsp3) is 0.0833. The number of nitrogens with zero attached hydrogens (tertiary/aromatic N) is 3. The number of aromatic nitrogens is 2. The van der Waals surface area contributed by atoms with Crippen molar-refractivity contribution in [3.8, 4) is 6.07 Å². The third-order valence-corrected chi connectivity index (χ3v) is 2.49. The second-order valence-corrected chi connectivity index (χ2v) is 3.79. The van der Waals surface area contributed by atoms with Gasteiger partial charge >= 0.3 is 0 Å². The summed E-state index contributed by atoms with van der Waals surface area (Å²) >= 11 is 5.91. The Hall–Kier alpha value is -2.12. The standard InChI is InChI=1S/C12H9ClN4/c13-11-7-15-8-17-12(11)16-6-10-3-1-9(5-14)2-4-10/h1-4,7-8H,6H2,(H,15,16,17). The molecule has 0 aliphatic heterocycles. The van der Waals surface area contributed by atoms with Gasteiger partial charge in [-0.05, 0) is 17.7 Å². The van der Waals surface area contributed by atoms with E-state index in [-0.39, 0.29) is 0 Å². The molecule has 0 saturated carbocycles. The molecular formula is C12H9ClN4. The Morgan fingerprint density at radius 3 is 2.71 bits per heavy atom. The third kappa shape index (κ3) is 2.92. The predicted octanol–water partition coefficient (Wildman–Crippen LogP) is 2.61. The molecule has 17 heavy (non-hydrogen) atoms. The van der Waals surface area contributed by atoms with E-state index < -0.39 is 0 Å². The Bertz CT molecular complexity index is 545. The molecule has 5 heteroatoms. The molecule has 0 spiro atoms. The van der Waals surface area contributed by atoms with E-state index in [4.69, 9.17) is 16.9 Å². The molecule has 2 aromatic rings. The molecule has 1 aromatic heterocycles. The Labute approximate surface area is 104 Å². The molecule has 1 aromatic carbocycles. The summed E-state index contributed by atoms with van der Waals surface area (Å²) in [6.45, 7) is 0.600. The first-order valence-electron chi connectivity index (χ1n) is 4.98. The lowest BCUT2D eigenvalue weighted by Crippen LogP contribution is -2.02. The summed E-state index contributed by atoms with van der Waals surface area (Å²) in [5, 5.41) is 12.3. The first-order valence-corrected chi connectivity index (χ1v) is 5.36. The molecule has 0 amide bonds. The highest BCUT2D eigenvalue weighted by atomic mass is 35.5. The number of nitriles is 1. The average Bonchev–Trinajstić information content (AvgIpc) is 2.38. The maximum absolute atomic E-state index is 8.67. The molecule has 0 aliphatic carbocycles. The summed E-state index contributed by atoms with van der Waals surface area (Å²) in [6.07, 6.45) is 2.97. The van der Waals surface area contributed by atoms with Crippen molar-refractivity contribution in [1.82, 2.24) is 9.97 Å². The van der Waals surface area contributed by atoms with Crippen molar-refractivity contribution in [3.63, 3.8) is 0 Å². The number of hydrogen-bond donors (Lipinski definition) is 1. The van der Waals surface area contributed by atoms with Crippen molar-refractivity contribution in [2.24, 2.45) is 0 Å². The average molecular weight is 245 g/mol. The highest BCUT2D eigenvalue weighted by Gasteiger charge is 2.00. The fourth-order valence-corrected chi connectivity index (χ4v) is 1.50. The van der Waals surface area contributed by atoms with Crippen LogP contribution in [0.15, 0.2) is 36.8 Å². The Morgan fingerprint density at radius 2 is 2.06 bits per heavy atom. The Morgan fingerprint density at radius 1 is 1.29 bits per heavy atom. The van der Waals surface area contributed by atoms with Gasteiger partial charge in [0.05, 0.1) is 17.8 Å². The minimum Gasteiger partial charge on any atom is -0.365 e. The number of rotatable bonds is 3.